The molecule has 0 saturated carbocycles. The van der Waals surface area contributed by atoms with Crippen LogP contribution in [-0.2, 0) is 14.8 Å². The fourth-order valence-electron chi connectivity index (χ4n) is 2.50. The van der Waals surface area contributed by atoms with Crippen LogP contribution in [0.3, 0.4) is 0 Å². The molecule has 28 heavy (non-hydrogen) atoms. The predicted octanol–water partition coefficient (Wildman–Crippen LogP) is 4.64. The molecule has 0 fully saturated rings. The Hall–Kier alpha value is -2.67. The minimum atomic E-state index is -4.06. The van der Waals surface area contributed by atoms with Gasteiger partial charge in [0.1, 0.15) is 4.90 Å². The van der Waals surface area contributed by atoms with Crippen LogP contribution in [0.5, 0.6) is 0 Å². The number of rotatable bonds is 5. The standard InChI is InChI=1S/C19H13BrN2O4S2/c1-26-19(23)13-5-7-15(20)18(10-13)28(24,25)22-16-9-12(11-21)4-6-14(16)17-3-2-8-27-17/h2-10,22H,1H3. The molecule has 6 nitrogen and oxygen atoms in total. The number of carbonyl (C=O) groups excluding carboxylic acids is 1. The predicted molar refractivity (Wildman–Crippen MR) is 111 cm³/mol. The number of methoxy groups -OCH3 is 1. The molecule has 2 aromatic carbocycles. The van der Waals surface area contributed by atoms with Crippen molar-refractivity contribution in [1.82, 2.24) is 0 Å². The van der Waals surface area contributed by atoms with Crippen LogP contribution in [0.15, 0.2) is 63.3 Å². The second kappa shape index (κ2) is 8.14. The van der Waals surface area contributed by atoms with Gasteiger partial charge < -0.3 is 4.74 Å². The smallest absolute Gasteiger partial charge is 0.337 e. The van der Waals surface area contributed by atoms with E-state index in [4.69, 9.17) is 0 Å². The minimum Gasteiger partial charge on any atom is -0.465 e. The van der Waals surface area contributed by atoms with Gasteiger partial charge in [0.25, 0.3) is 10.0 Å². The third-order valence-corrected chi connectivity index (χ3v) is 7.08. The monoisotopic (exact) mass is 476 g/mol. The van der Waals surface area contributed by atoms with E-state index in [1.54, 1.807) is 12.1 Å². The van der Waals surface area contributed by atoms with Crippen LogP contribution < -0.4 is 4.72 Å². The molecule has 9 heteroatoms. The van der Waals surface area contributed by atoms with Crippen LogP contribution in [0, 0.1) is 11.3 Å². The zero-order valence-electron chi connectivity index (χ0n) is 14.5. The van der Waals surface area contributed by atoms with Crippen LogP contribution in [0.1, 0.15) is 15.9 Å². The zero-order valence-corrected chi connectivity index (χ0v) is 17.7. The van der Waals surface area contributed by atoms with Gasteiger partial charge in [0, 0.05) is 14.9 Å². The second-order valence-corrected chi connectivity index (χ2v) is 9.04. The largest absolute Gasteiger partial charge is 0.465 e. The lowest BCUT2D eigenvalue weighted by atomic mass is 10.1. The van der Waals surface area contributed by atoms with Crippen molar-refractivity contribution in [3.05, 3.63) is 69.5 Å². The summed E-state index contributed by atoms with van der Waals surface area (Å²) in [6.45, 7) is 0. The number of esters is 1. The highest BCUT2D eigenvalue weighted by Gasteiger charge is 2.22. The first-order valence-corrected chi connectivity index (χ1v) is 11.0. The summed E-state index contributed by atoms with van der Waals surface area (Å²) in [5.74, 6) is -0.644. The molecule has 0 aliphatic rings. The Kier molecular flexibility index (Phi) is 5.84. The Morgan fingerprint density at radius 2 is 2.00 bits per heavy atom. The van der Waals surface area contributed by atoms with E-state index >= 15 is 0 Å². The summed E-state index contributed by atoms with van der Waals surface area (Å²) in [6, 6.07) is 14.7. The number of nitrogens with one attached hydrogen (secondary N) is 1. The summed E-state index contributed by atoms with van der Waals surface area (Å²) in [7, 11) is -2.84. The summed E-state index contributed by atoms with van der Waals surface area (Å²) in [5, 5.41) is 11.1. The summed E-state index contributed by atoms with van der Waals surface area (Å²) in [6.07, 6.45) is 0. The number of anilines is 1. The molecular weight excluding hydrogens is 464 g/mol. The molecule has 0 saturated heterocycles. The van der Waals surface area contributed by atoms with Crippen molar-refractivity contribution in [2.24, 2.45) is 0 Å². The van der Waals surface area contributed by atoms with Crippen molar-refractivity contribution in [3.63, 3.8) is 0 Å². The molecule has 0 bridgehead atoms. The first-order chi connectivity index (χ1) is 13.4. The van der Waals surface area contributed by atoms with Gasteiger partial charge in [-0.25, -0.2) is 13.2 Å². The van der Waals surface area contributed by atoms with Gasteiger partial charge >= 0.3 is 5.97 Å². The average Bonchev–Trinajstić information content (AvgIpc) is 3.21. The Bertz CT molecular complexity index is 1180. The minimum absolute atomic E-state index is 0.107. The lowest BCUT2D eigenvalue weighted by Gasteiger charge is -2.14. The van der Waals surface area contributed by atoms with Crippen LogP contribution >= 0.6 is 27.3 Å². The SMILES string of the molecule is COC(=O)c1ccc(Br)c(S(=O)(=O)Nc2cc(C#N)ccc2-c2cccs2)c1. The van der Waals surface area contributed by atoms with Gasteiger partial charge in [-0.1, -0.05) is 12.1 Å². The molecule has 142 valence electrons. The van der Waals surface area contributed by atoms with Gasteiger partial charge in [-0.05, 0) is 57.7 Å². The maximum atomic E-state index is 13.0. The molecule has 1 heterocycles. The van der Waals surface area contributed by atoms with Gasteiger partial charge in [-0.15, -0.1) is 11.3 Å². The molecule has 0 aliphatic carbocycles. The fraction of sp³-hybridized carbons (Fsp3) is 0.0526. The van der Waals surface area contributed by atoms with Crippen molar-refractivity contribution in [1.29, 1.82) is 5.26 Å². The molecular formula is C19H13BrN2O4S2. The maximum Gasteiger partial charge on any atom is 0.337 e. The molecule has 1 N–H and O–H groups in total. The van der Waals surface area contributed by atoms with E-state index in [9.17, 15) is 18.5 Å². The number of nitrogens with zero attached hydrogens (tertiary/aromatic N) is 1. The molecule has 0 spiro atoms. The average molecular weight is 477 g/mol. The zero-order chi connectivity index (χ0) is 20.3. The number of sulfonamides is 1. The molecule has 3 rings (SSSR count). The quantitative estimate of drug-likeness (QED) is 0.541. The molecule has 0 amide bonds. The lowest BCUT2D eigenvalue weighted by molar-refractivity contribution is 0.0600. The third kappa shape index (κ3) is 4.09. The van der Waals surface area contributed by atoms with E-state index in [1.807, 2.05) is 23.6 Å². The van der Waals surface area contributed by atoms with Crippen LogP contribution in [0.2, 0.25) is 0 Å². The highest BCUT2D eigenvalue weighted by molar-refractivity contribution is 9.10. The van der Waals surface area contributed by atoms with Crippen molar-refractivity contribution >= 4 is 48.9 Å². The normalized spacial score (nSPS) is 10.9. The van der Waals surface area contributed by atoms with Gasteiger partial charge in [0.2, 0.25) is 0 Å². The second-order valence-electron chi connectivity index (χ2n) is 5.59. The number of ether oxygens (including phenoxy) is 1. The van der Waals surface area contributed by atoms with Crippen LogP contribution in [0.4, 0.5) is 5.69 Å². The van der Waals surface area contributed by atoms with E-state index in [0.717, 1.165) is 4.88 Å². The van der Waals surface area contributed by atoms with E-state index < -0.39 is 16.0 Å². The number of hydrogen-bond acceptors (Lipinski definition) is 6. The van der Waals surface area contributed by atoms with Gasteiger partial charge in [0.15, 0.2) is 0 Å². The summed E-state index contributed by atoms with van der Waals surface area (Å²) < 4.78 is 33.6. The Morgan fingerprint density at radius 3 is 2.64 bits per heavy atom. The third-order valence-electron chi connectivity index (χ3n) is 3.82. The number of benzene rings is 2. The molecule has 3 aromatic rings. The lowest BCUT2D eigenvalue weighted by Crippen LogP contribution is -2.15. The fourth-order valence-corrected chi connectivity index (χ4v) is 5.33. The molecule has 0 unspecified atom stereocenters. The van der Waals surface area contributed by atoms with Crippen molar-refractivity contribution in [3.8, 4) is 16.5 Å². The van der Waals surface area contributed by atoms with Crippen LogP contribution in [-0.4, -0.2) is 21.5 Å². The Morgan fingerprint density at radius 1 is 1.21 bits per heavy atom. The first-order valence-electron chi connectivity index (χ1n) is 7.84. The van der Waals surface area contributed by atoms with Crippen LogP contribution in [0.25, 0.3) is 10.4 Å². The molecule has 1 aromatic heterocycles. The Balaban J connectivity index is 2.09. The highest BCUT2D eigenvalue weighted by atomic mass is 79.9. The molecule has 0 atom stereocenters. The van der Waals surface area contributed by atoms with E-state index in [-0.39, 0.29) is 16.1 Å². The van der Waals surface area contributed by atoms with E-state index in [2.05, 4.69) is 25.4 Å². The summed E-state index contributed by atoms with van der Waals surface area (Å²) >= 11 is 4.66. The first kappa shape index (κ1) is 20.1. The van der Waals surface area contributed by atoms with Gasteiger partial charge in [-0.2, -0.15) is 5.26 Å². The number of carbonyl (C=O) groups is 1. The van der Waals surface area contributed by atoms with Gasteiger partial charge in [0.05, 0.1) is 30.0 Å². The van der Waals surface area contributed by atoms with E-state index in [0.29, 0.717) is 15.6 Å². The molecule has 0 radical (unpaired) electrons. The number of thiophene rings is 1. The topological polar surface area (TPSA) is 96.3 Å². The van der Waals surface area contributed by atoms with Crippen molar-refractivity contribution in [2.45, 2.75) is 4.90 Å². The summed E-state index contributed by atoms with van der Waals surface area (Å²) in [4.78, 5) is 12.5. The maximum absolute atomic E-state index is 13.0. The number of hydrogen-bond donors (Lipinski definition) is 1. The highest BCUT2D eigenvalue weighted by Crippen LogP contribution is 2.34. The van der Waals surface area contributed by atoms with Gasteiger partial charge in [-0.3, -0.25) is 4.72 Å². The summed E-state index contributed by atoms with van der Waals surface area (Å²) in [5.41, 5.74) is 1.35. The number of halogens is 1. The number of nitriles is 1. The van der Waals surface area contributed by atoms with Crippen molar-refractivity contribution < 1.29 is 17.9 Å². The Labute approximate surface area is 174 Å². The van der Waals surface area contributed by atoms with Crippen molar-refractivity contribution in [2.75, 3.05) is 11.8 Å². The van der Waals surface area contributed by atoms with E-state index in [1.165, 1.54) is 42.7 Å². The molecule has 0 aliphatic heterocycles.